The average Bonchev–Trinajstić information content (AvgIpc) is 3.30. The Morgan fingerprint density at radius 1 is 1.07 bits per heavy atom. The molecule has 1 aliphatic carbocycles. The molecule has 2 heterocycles. The van der Waals surface area contributed by atoms with Crippen molar-refractivity contribution in [3.63, 3.8) is 0 Å². The van der Waals surface area contributed by atoms with E-state index in [2.05, 4.69) is 0 Å². The Bertz CT molecular complexity index is 902. The van der Waals surface area contributed by atoms with Gasteiger partial charge < -0.3 is 9.64 Å². The maximum absolute atomic E-state index is 13.4. The van der Waals surface area contributed by atoms with Crippen LogP contribution >= 0.6 is 11.3 Å². The first-order valence-electron chi connectivity index (χ1n) is 10.5. The van der Waals surface area contributed by atoms with E-state index < -0.39 is 6.04 Å². The van der Waals surface area contributed by atoms with Crippen LogP contribution in [0.1, 0.15) is 54.6 Å². The van der Waals surface area contributed by atoms with Crippen molar-refractivity contribution >= 4 is 34.7 Å². The molecule has 1 aromatic carbocycles. The molecular weight excluding hydrogens is 400 g/mol. The van der Waals surface area contributed by atoms with Crippen LogP contribution in [0.4, 0.5) is 5.69 Å². The molecule has 6 nitrogen and oxygen atoms in total. The number of methoxy groups -OCH3 is 1. The normalized spacial score (nSPS) is 20.3. The quantitative estimate of drug-likeness (QED) is 0.529. The first-order valence-corrected chi connectivity index (χ1v) is 11.3. The maximum atomic E-state index is 13.4. The fraction of sp³-hybridized carbons (Fsp3) is 0.435. The summed E-state index contributed by atoms with van der Waals surface area (Å²) in [5.41, 5.74) is 0.512. The predicted octanol–water partition coefficient (Wildman–Crippen LogP) is 4.25. The molecule has 4 rings (SSSR count). The van der Waals surface area contributed by atoms with Gasteiger partial charge in [0.05, 0.1) is 24.1 Å². The number of benzene rings is 1. The summed E-state index contributed by atoms with van der Waals surface area (Å²) in [6, 6.07) is 9.72. The van der Waals surface area contributed by atoms with Crippen molar-refractivity contribution in [3.05, 3.63) is 46.7 Å². The Hall–Kier alpha value is -2.67. The Kier molecular flexibility index (Phi) is 6.18. The van der Waals surface area contributed by atoms with Gasteiger partial charge in [0.15, 0.2) is 0 Å². The summed E-state index contributed by atoms with van der Waals surface area (Å²) in [5.74, 6) is -0.0749. The highest BCUT2D eigenvalue weighted by Crippen LogP contribution is 2.33. The molecule has 2 fully saturated rings. The van der Waals surface area contributed by atoms with Crippen LogP contribution in [0.3, 0.4) is 0 Å². The number of nitrogens with zero attached hydrogens (tertiary/aromatic N) is 2. The van der Waals surface area contributed by atoms with E-state index in [0.29, 0.717) is 16.3 Å². The monoisotopic (exact) mass is 426 g/mol. The second kappa shape index (κ2) is 9.00. The number of thiophene rings is 1. The van der Waals surface area contributed by atoms with Gasteiger partial charge in [0.1, 0.15) is 11.8 Å². The smallest absolute Gasteiger partial charge is 0.264 e. The lowest BCUT2D eigenvalue weighted by Crippen LogP contribution is -2.50. The fourth-order valence-corrected chi connectivity index (χ4v) is 5.13. The van der Waals surface area contributed by atoms with Gasteiger partial charge in [-0.25, -0.2) is 4.90 Å². The molecule has 2 aromatic rings. The van der Waals surface area contributed by atoms with E-state index in [1.807, 2.05) is 11.4 Å². The van der Waals surface area contributed by atoms with Crippen molar-refractivity contribution in [1.29, 1.82) is 0 Å². The van der Waals surface area contributed by atoms with Gasteiger partial charge in [0.2, 0.25) is 5.91 Å². The number of ether oxygens (including phenoxy) is 1. The zero-order valence-electron chi connectivity index (χ0n) is 17.1. The summed E-state index contributed by atoms with van der Waals surface area (Å²) in [5, 5.41) is 1.86. The van der Waals surface area contributed by atoms with Crippen LogP contribution in [0.25, 0.3) is 0 Å². The number of anilines is 1. The highest BCUT2D eigenvalue weighted by Gasteiger charge is 2.46. The Labute approximate surface area is 180 Å². The van der Waals surface area contributed by atoms with Crippen molar-refractivity contribution in [1.82, 2.24) is 4.90 Å². The van der Waals surface area contributed by atoms with Crippen LogP contribution in [-0.2, 0) is 9.59 Å². The minimum atomic E-state index is -0.752. The van der Waals surface area contributed by atoms with Crippen LogP contribution in [0.2, 0.25) is 0 Å². The molecule has 1 saturated heterocycles. The van der Waals surface area contributed by atoms with Gasteiger partial charge in [-0.2, -0.15) is 0 Å². The predicted molar refractivity (Wildman–Crippen MR) is 116 cm³/mol. The number of amides is 3. The van der Waals surface area contributed by atoms with Crippen LogP contribution in [0, 0.1) is 0 Å². The minimum Gasteiger partial charge on any atom is -0.497 e. The van der Waals surface area contributed by atoms with Crippen molar-refractivity contribution < 1.29 is 19.1 Å². The van der Waals surface area contributed by atoms with Gasteiger partial charge in [-0.05, 0) is 48.6 Å². The second-order valence-electron chi connectivity index (χ2n) is 7.82. The van der Waals surface area contributed by atoms with E-state index in [1.54, 1.807) is 42.3 Å². The third-order valence-corrected chi connectivity index (χ3v) is 6.83. The maximum Gasteiger partial charge on any atom is 0.264 e. The lowest BCUT2D eigenvalue weighted by Gasteiger charge is -2.34. The molecule has 1 aromatic heterocycles. The molecule has 0 bridgehead atoms. The molecule has 0 N–H and O–H groups in total. The molecule has 1 saturated carbocycles. The standard InChI is InChI=1S/C23H26N2O4S/c1-29-18-12-10-17(11-13-18)25-21(26)15-19(22(25)27)24(16-7-4-2-3-5-8-16)23(28)20-9-6-14-30-20/h6,9-14,16,19H,2-5,7-8,15H2,1H3. The van der Waals surface area contributed by atoms with Gasteiger partial charge in [-0.15, -0.1) is 11.3 Å². The SMILES string of the molecule is COc1ccc(N2C(=O)CC(N(C(=O)c3cccs3)C3CCCCCC3)C2=O)cc1. The van der Waals surface area contributed by atoms with Crippen LogP contribution in [0.15, 0.2) is 41.8 Å². The summed E-state index contributed by atoms with van der Waals surface area (Å²) >= 11 is 1.38. The van der Waals surface area contributed by atoms with Gasteiger partial charge in [-0.1, -0.05) is 31.7 Å². The summed E-state index contributed by atoms with van der Waals surface area (Å²) in [6.07, 6.45) is 6.14. The second-order valence-corrected chi connectivity index (χ2v) is 8.77. The molecule has 0 spiro atoms. The van der Waals surface area contributed by atoms with Crippen LogP contribution in [0.5, 0.6) is 5.75 Å². The summed E-state index contributed by atoms with van der Waals surface area (Å²) in [6.45, 7) is 0. The highest BCUT2D eigenvalue weighted by atomic mass is 32.1. The molecule has 1 unspecified atom stereocenters. The Morgan fingerprint density at radius 2 is 1.77 bits per heavy atom. The van der Waals surface area contributed by atoms with Crippen LogP contribution in [-0.4, -0.2) is 41.8 Å². The van der Waals surface area contributed by atoms with Gasteiger partial charge in [0, 0.05) is 6.04 Å². The zero-order chi connectivity index (χ0) is 21.1. The molecule has 158 valence electrons. The third-order valence-electron chi connectivity index (χ3n) is 5.97. The molecule has 3 amide bonds. The lowest BCUT2D eigenvalue weighted by molar-refractivity contribution is -0.123. The number of imide groups is 1. The molecule has 2 aliphatic rings. The van der Waals surface area contributed by atoms with Crippen molar-refractivity contribution in [2.45, 2.75) is 57.0 Å². The largest absolute Gasteiger partial charge is 0.497 e. The Morgan fingerprint density at radius 3 is 2.37 bits per heavy atom. The number of hydrogen-bond acceptors (Lipinski definition) is 5. The van der Waals surface area contributed by atoms with Gasteiger partial charge >= 0.3 is 0 Å². The highest BCUT2D eigenvalue weighted by molar-refractivity contribution is 7.12. The van der Waals surface area contributed by atoms with Crippen molar-refractivity contribution in [2.75, 3.05) is 12.0 Å². The summed E-state index contributed by atoms with van der Waals surface area (Å²) < 4.78 is 5.17. The molecule has 30 heavy (non-hydrogen) atoms. The number of carbonyl (C=O) groups is 3. The molecule has 1 atom stereocenters. The number of hydrogen-bond donors (Lipinski definition) is 0. The first kappa shape index (κ1) is 20.6. The summed E-state index contributed by atoms with van der Waals surface area (Å²) in [7, 11) is 1.57. The van der Waals surface area contributed by atoms with E-state index in [9.17, 15) is 14.4 Å². The zero-order valence-corrected chi connectivity index (χ0v) is 17.9. The average molecular weight is 427 g/mol. The van der Waals surface area contributed by atoms with E-state index in [-0.39, 0.29) is 30.2 Å². The van der Waals surface area contributed by atoms with E-state index >= 15 is 0 Å². The van der Waals surface area contributed by atoms with E-state index in [4.69, 9.17) is 4.74 Å². The van der Waals surface area contributed by atoms with E-state index in [0.717, 1.165) is 38.5 Å². The van der Waals surface area contributed by atoms with Crippen molar-refractivity contribution in [2.24, 2.45) is 0 Å². The van der Waals surface area contributed by atoms with E-state index in [1.165, 1.54) is 16.2 Å². The Balaban J connectivity index is 1.65. The molecule has 7 heteroatoms. The van der Waals surface area contributed by atoms with Crippen molar-refractivity contribution in [3.8, 4) is 5.75 Å². The third kappa shape index (κ3) is 3.99. The lowest BCUT2D eigenvalue weighted by atomic mass is 10.0. The number of rotatable bonds is 5. The molecular formula is C23H26N2O4S. The minimum absolute atomic E-state index is 0.0142. The van der Waals surface area contributed by atoms with Gasteiger partial charge in [-0.3, -0.25) is 14.4 Å². The fourth-order valence-electron chi connectivity index (χ4n) is 4.46. The number of carbonyl (C=O) groups excluding carboxylic acids is 3. The first-order chi connectivity index (χ1) is 14.6. The molecule has 0 radical (unpaired) electrons. The van der Waals surface area contributed by atoms with Gasteiger partial charge in [0.25, 0.3) is 11.8 Å². The van der Waals surface area contributed by atoms with Crippen LogP contribution < -0.4 is 9.64 Å². The topological polar surface area (TPSA) is 66.9 Å². The molecule has 1 aliphatic heterocycles. The summed E-state index contributed by atoms with van der Waals surface area (Å²) in [4.78, 5) is 43.2.